The zero-order valence-corrected chi connectivity index (χ0v) is 17.6. The lowest BCUT2D eigenvalue weighted by molar-refractivity contribution is -0.115. The second-order valence-electron chi connectivity index (χ2n) is 7.55. The van der Waals surface area contributed by atoms with Crippen LogP contribution in [0.2, 0.25) is 0 Å². The number of nitrogens with one attached hydrogen (secondary N) is 2. The summed E-state index contributed by atoms with van der Waals surface area (Å²) in [5, 5.41) is 20.2. The van der Waals surface area contributed by atoms with Crippen LogP contribution >= 0.6 is 0 Å². The van der Waals surface area contributed by atoms with Crippen LogP contribution in [0.15, 0.2) is 60.7 Å². The van der Waals surface area contributed by atoms with Crippen molar-refractivity contribution in [2.45, 2.75) is 19.9 Å². The summed E-state index contributed by atoms with van der Waals surface area (Å²) in [7, 11) is 0. The van der Waals surface area contributed by atoms with Crippen molar-refractivity contribution in [3.63, 3.8) is 0 Å². The van der Waals surface area contributed by atoms with E-state index in [2.05, 4.69) is 10.3 Å². The van der Waals surface area contributed by atoms with Crippen molar-refractivity contribution in [2.75, 3.05) is 5.32 Å². The maximum atomic E-state index is 12.6. The molecule has 0 aliphatic heterocycles. The van der Waals surface area contributed by atoms with Gasteiger partial charge in [0, 0.05) is 5.56 Å². The van der Waals surface area contributed by atoms with Crippen molar-refractivity contribution < 1.29 is 9.90 Å². The number of amides is 1. The zero-order valence-electron chi connectivity index (χ0n) is 17.6. The number of phenols is 1. The predicted octanol–water partition coefficient (Wildman–Crippen LogP) is 2.96. The van der Waals surface area contributed by atoms with Crippen LogP contribution in [-0.4, -0.2) is 26.4 Å². The molecule has 1 amide bonds. The first-order valence-corrected chi connectivity index (χ1v) is 10.1. The molecule has 0 saturated carbocycles. The quantitative estimate of drug-likeness (QED) is 0.182. The molecule has 0 spiro atoms. The molecule has 0 atom stereocenters. The molecule has 0 bridgehead atoms. The van der Waals surface area contributed by atoms with Gasteiger partial charge in [-0.25, -0.2) is 4.98 Å². The second kappa shape index (κ2) is 8.52. The molecular formula is C24H24N6O2. The number of rotatable bonds is 6. The molecule has 8 nitrogen and oxygen atoms in total. The molecule has 0 saturated heterocycles. The van der Waals surface area contributed by atoms with E-state index >= 15 is 0 Å². The second-order valence-corrected chi connectivity index (χ2v) is 7.55. The van der Waals surface area contributed by atoms with E-state index in [-0.39, 0.29) is 29.6 Å². The SMILES string of the molecule is Cc1cc(CC(=O)Nc2cc(C(=N)N)ccc2O)ccc1-n1c(CN)nc2ccccc21. The largest absolute Gasteiger partial charge is 0.506 e. The highest BCUT2D eigenvalue weighted by Crippen LogP contribution is 2.26. The number of carbonyl (C=O) groups is 1. The molecule has 3 aromatic carbocycles. The number of aryl methyl sites for hydroxylation is 1. The molecule has 1 heterocycles. The minimum atomic E-state index is -0.288. The van der Waals surface area contributed by atoms with Crippen LogP contribution in [0.3, 0.4) is 0 Å². The first-order valence-electron chi connectivity index (χ1n) is 10.1. The van der Waals surface area contributed by atoms with Crippen molar-refractivity contribution >= 4 is 28.5 Å². The zero-order chi connectivity index (χ0) is 22.8. The summed E-state index contributed by atoms with van der Waals surface area (Å²) in [4.78, 5) is 17.2. The van der Waals surface area contributed by atoms with E-state index in [0.29, 0.717) is 12.1 Å². The number of benzene rings is 3. The third-order valence-corrected chi connectivity index (χ3v) is 5.26. The van der Waals surface area contributed by atoms with Gasteiger partial charge >= 0.3 is 0 Å². The smallest absolute Gasteiger partial charge is 0.228 e. The van der Waals surface area contributed by atoms with Gasteiger partial charge in [-0.15, -0.1) is 0 Å². The van der Waals surface area contributed by atoms with Crippen molar-refractivity contribution in [1.82, 2.24) is 9.55 Å². The van der Waals surface area contributed by atoms with Gasteiger partial charge in [0.05, 0.1) is 35.4 Å². The molecule has 7 N–H and O–H groups in total. The molecule has 0 unspecified atom stereocenters. The van der Waals surface area contributed by atoms with Crippen molar-refractivity contribution in [1.29, 1.82) is 5.41 Å². The standard InChI is InChI=1S/C24H24N6O2/c1-14-10-15(11-23(32)29-18-12-16(24(26)27)7-9-21(18)31)6-8-19(14)30-20-5-3-2-4-17(20)28-22(30)13-25/h2-10,12,31H,11,13,25H2,1H3,(H3,26,27)(H,29,32). The Morgan fingerprint density at radius 3 is 2.66 bits per heavy atom. The normalized spacial score (nSPS) is 10.9. The molecule has 0 aliphatic carbocycles. The average Bonchev–Trinajstić information content (AvgIpc) is 3.13. The number of nitrogens with two attached hydrogens (primary N) is 2. The molecule has 162 valence electrons. The van der Waals surface area contributed by atoms with E-state index < -0.39 is 0 Å². The number of nitrogens with zero attached hydrogens (tertiary/aromatic N) is 2. The number of nitrogen functional groups attached to an aromatic ring is 1. The Kier molecular flexibility index (Phi) is 5.61. The summed E-state index contributed by atoms with van der Waals surface area (Å²) < 4.78 is 2.04. The van der Waals surface area contributed by atoms with Gasteiger partial charge in [-0.3, -0.25) is 14.8 Å². The Morgan fingerprint density at radius 2 is 1.94 bits per heavy atom. The number of anilines is 1. The van der Waals surface area contributed by atoms with Gasteiger partial charge in [0.1, 0.15) is 17.4 Å². The average molecular weight is 428 g/mol. The number of para-hydroxylation sites is 2. The van der Waals surface area contributed by atoms with Crippen LogP contribution in [0, 0.1) is 12.3 Å². The number of aromatic nitrogens is 2. The van der Waals surface area contributed by atoms with Gasteiger partial charge in [-0.1, -0.05) is 24.3 Å². The van der Waals surface area contributed by atoms with Crippen LogP contribution in [0.4, 0.5) is 5.69 Å². The van der Waals surface area contributed by atoms with Crippen molar-refractivity contribution in [3.05, 3.63) is 83.2 Å². The number of hydrogen-bond donors (Lipinski definition) is 5. The third-order valence-electron chi connectivity index (χ3n) is 5.26. The number of imidazole rings is 1. The summed E-state index contributed by atoms with van der Waals surface area (Å²) in [5.74, 6) is 0.247. The summed E-state index contributed by atoms with van der Waals surface area (Å²) in [6, 6.07) is 18.1. The van der Waals surface area contributed by atoms with E-state index in [0.717, 1.165) is 33.7 Å². The fourth-order valence-corrected chi connectivity index (χ4v) is 3.74. The molecule has 1 aromatic heterocycles. The van der Waals surface area contributed by atoms with Crippen LogP contribution < -0.4 is 16.8 Å². The summed E-state index contributed by atoms with van der Waals surface area (Å²) in [6.07, 6.45) is 0.124. The van der Waals surface area contributed by atoms with Crippen LogP contribution in [0.5, 0.6) is 5.75 Å². The highest BCUT2D eigenvalue weighted by Gasteiger charge is 2.14. The minimum absolute atomic E-state index is 0.0869. The van der Waals surface area contributed by atoms with Gasteiger partial charge in [-0.2, -0.15) is 0 Å². The third kappa shape index (κ3) is 4.03. The highest BCUT2D eigenvalue weighted by molar-refractivity contribution is 5.99. The molecule has 8 heteroatoms. The Hall–Kier alpha value is -4.17. The van der Waals surface area contributed by atoms with Gasteiger partial charge in [0.2, 0.25) is 5.91 Å². The Morgan fingerprint density at radius 1 is 1.16 bits per heavy atom. The topological polar surface area (TPSA) is 143 Å². The van der Waals surface area contributed by atoms with E-state index in [1.54, 1.807) is 0 Å². The first kappa shape index (κ1) is 21.1. The number of hydrogen-bond acceptors (Lipinski definition) is 5. The van der Waals surface area contributed by atoms with E-state index in [1.165, 1.54) is 18.2 Å². The van der Waals surface area contributed by atoms with Crippen LogP contribution in [0.25, 0.3) is 16.7 Å². The monoisotopic (exact) mass is 428 g/mol. The lowest BCUT2D eigenvalue weighted by atomic mass is 10.1. The Labute approximate surface area is 185 Å². The van der Waals surface area contributed by atoms with Crippen molar-refractivity contribution in [2.24, 2.45) is 11.5 Å². The molecule has 32 heavy (non-hydrogen) atoms. The van der Waals surface area contributed by atoms with Crippen LogP contribution in [-0.2, 0) is 17.8 Å². The minimum Gasteiger partial charge on any atom is -0.506 e. The van der Waals surface area contributed by atoms with Crippen molar-refractivity contribution in [3.8, 4) is 11.4 Å². The fraction of sp³-hybridized carbons (Fsp3) is 0.125. The number of phenolic OH excluding ortho intramolecular Hbond substituents is 1. The number of amidine groups is 1. The van der Waals surface area contributed by atoms with Gasteiger partial charge < -0.3 is 21.9 Å². The maximum absolute atomic E-state index is 12.6. The molecule has 0 radical (unpaired) electrons. The van der Waals surface area contributed by atoms with Gasteiger partial charge in [0.25, 0.3) is 0 Å². The van der Waals surface area contributed by atoms with E-state index in [4.69, 9.17) is 16.9 Å². The number of aromatic hydroxyl groups is 1. The summed E-state index contributed by atoms with van der Waals surface area (Å²) in [6.45, 7) is 2.29. The highest BCUT2D eigenvalue weighted by atomic mass is 16.3. The predicted molar refractivity (Wildman–Crippen MR) is 125 cm³/mol. The van der Waals surface area contributed by atoms with Gasteiger partial charge in [-0.05, 0) is 54.4 Å². The van der Waals surface area contributed by atoms with Gasteiger partial charge in [0.15, 0.2) is 0 Å². The lowest BCUT2D eigenvalue weighted by Crippen LogP contribution is -2.16. The maximum Gasteiger partial charge on any atom is 0.228 e. The molecule has 0 fully saturated rings. The number of fused-ring (bicyclic) bond motifs is 1. The fourth-order valence-electron chi connectivity index (χ4n) is 3.74. The lowest BCUT2D eigenvalue weighted by Gasteiger charge is -2.13. The van der Waals surface area contributed by atoms with Crippen LogP contribution in [0.1, 0.15) is 22.5 Å². The van der Waals surface area contributed by atoms with E-state index in [1.807, 2.05) is 54.0 Å². The number of carbonyl (C=O) groups excluding carboxylic acids is 1. The molecule has 4 rings (SSSR count). The Balaban J connectivity index is 1.58. The first-order chi connectivity index (χ1) is 15.4. The summed E-state index contributed by atoms with van der Waals surface area (Å²) in [5.41, 5.74) is 16.7. The molecular weight excluding hydrogens is 404 g/mol. The van der Waals surface area contributed by atoms with E-state index in [9.17, 15) is 9.90 Å². The molecule has 0 aliphatic rings. The molecule has 4 aromatic rings. The summed E-state index contributed by atoms with van der Waals surface area (Å²) >= 11 is 0. The Bertz CT molecular complexity index is 1340.